The molecule has 1 fully saturated rings. The standard InChI is InChI=1S/C20H28N2O3/c1-20(2,3)25-19(24)21-15-12-22(4)16-8-6-5-7-14(11-13-9-10-13)18(23)17(15)16/h6,8,12-14H,5,7,9-11H2,1-4H3,(H,21,24)/b8-6-. The van der Waals surface area contributed by atoms with Crippen LogP contribution in [0.25, 0.3) is 6.08 Å². The van der Waals surface area contributed by atoms with E-state index in [4.69, 9.17) is 4.74 Å². The third-order valence-corrected chi connectivity index (χ3v) is 4.75. The highest BCUT2D eigenvalue weighted by Gasteiger charge is 2.33. The van der Waals surface area contributed by atoms with Crippen molar-refractivity contribution < 1.29 is 14.3 Å². The van der Waals surface area contributed by atoms with Gasteiger partial charge in [0, 0.05) is 19.2 Å². The Morgan fingerprint density at radius 1 is 1.32 bits per heavy atom. The molecule has 2 aliphatic rings. The summed E-state index contributed by atoms with van der Waals surface area (Å²) >= 11 is 0. The van der Waals surface area contributed by atoms with Crippen molar-refractivity contribution >= 4 is 23.6 Å². The van der Waals surface area contributed by atoms with E-state index in [2.05, 4.69) is 11.4 Å². The van der Waals surface area contributed by atoms with Gasteiger partial charge in [-0.3, -0.25) is 10.1 Å². The average Bonchev–Trinajstić information content (AvgIpc) is 3.23. The topological polar surface area (TPSA) is 60.3 Å². The minimum Gasteiger partial charge on any atom is -0.444 e. The molecule has 0 bridgehead atoms. The number of nitrogens with zero attached hydrogens (tertiary/aromatic N) is 1. The number of ether oxygens (including phenoxy) is 1. The minimum absolute atomic E-state index is 0.0396. The number of allylic oxidation sites excluding steroid dienone is 1. The molecule has 1 heterocycles. The van der Waals surface area contributed by atoms with Crippen molar-refractivity contribution in [1.82, 2.24) is 4.57 Å². The third-order valence-electron chi connectivity index (χ3n) is 4.75. The molecule has 1 atom stereocenters. The van der Waals surface area contributed by atoms with E-state index in [-0.39, 0.29) is 11.7 Å². The summed E-state index contributed by atoms with van der Waals surface area (Å²) in [4.78, 5) is 25.4. The average molecular weight is 344 g/mol. The lowest BCUT2D eigenvalue weighted by atomic mass is 9.86. The van der Waals surface area contributed by atoms with E-state index in [0.717, 1.165) is 25.0 Å². The molecule has 25 heavy (non-hydrogen) atoms. The van der Waals surface area contributed by atoms with Crippen molar-refractivity contribution in [3.63, 3.8) is 0 Å². The minimum atomic E-state index is -0.578. The van der Waals surface area contributed by atoms with Gasteiger partial charge in [0.1, 0.15) is 5.60 Å². The third kappa shape index (κ3) is 4.33. The second kappa shape index (κ2) is 6.70. The normalized spacial score (nSPS) is 21.9. The van der Waals surface area contributed by atoms with Gasteiger partial charge in [-0.1, -0.05) is 18.9 Å². The van der Waals surface area contributed by atoms with Gasteiger partial charge in [-0.25, -0.2) is 4.79 Å². The van der Waals surface area contributed by atoms with Gasteiger partial charge in [-0.2, -0.15) is 0 Å². The molecule has 136 valence electrons. The van der Waals surface area contributed by atoms with Gasteiger partial charge >= 0.3 is 6.09 Å². The number of aromatic nitrogens is 1. The molecule has 0 aromatic carbocycles. The Bertz CT molecular complexity index is 705. The number of rotatable bonds is 3. The second-order valence-corrected chi connectivity index (χ2v) is 8.26. The van der Waals surface area contributed by atoms with Crippen LogP contribution in [0.3, 0.4) is 0 Å². The predicted octanol–water partition coefficient (Wildman–Crippen LogP) is 4.78. The zero-order chi connectivity index (χ0) is 18.2. The summed E-state index contributed by atoms with van der Waals surface area (Å²) in [7, 11) is 1.90. The molecule has 0 aliphatic heterocycles. The molecule has 1 aromatic heterocycles. The first-order chi connectivity index (χ1) is 11.7. The Kier molecular flexibility index (Phi) is 4.76. The van der Waals surface area contributed by atoms with E-state index in [0.29, 0.717) is 17.2 Å². The van der Waals surface area contributed by atoms with Crippen LogP contribution in [-0.2, 0) is 11.8 Å². The Balaban J connectivity index is 1.89. The van der Waals surface area contributed by atoms with Crippen LogP contribution >= 0.6 is 0 Å². The zero-order valence-corrected chi connectivity index (χ0v) is 15.6. The molecule has 5 heteroatoms. The molecule has 3 rings (SSSR count). The maximum Gasteiger partial charge on any atom is 0.412 e. The van der Waals surface area contributed by atoms with Crippen LogP contribution in [0.4, 0.5) is 10.5 Å². The summed E-state index contributed by atoms with van der Waals surface area (Å²) < 4.78 is 7.24. The number of carbonyl (C=O) groups excluding carboxylic acids is 2. The highest BCUT2D eigenvalue weighted by molar-refractivity contribution is 6.08. The fourth-order valence-corrected chi connectivity index (χ4v) is 3.42. The van der Waals surface area contributed by atoms with Crippen LogP contribution in [-0.4, -0.2) is 22.0 Å². The summed E-state index contributed by atoms with van der Waals surface area (Å²) in [5, 5.41) is 2.78. The van der Waals surface area contributed by atoms with Crippen LogP contribution < -0.4 is 5.32 Å². The number of hydrogen-bond acceptors (Lipinski definition) is 3. The smallest absolute Gasteiger partial charge is 0.412 e. The lowest BCUT2D eigenvalue weighted by Gasteiger charge is -2.21. The molecule has 0 saturated heterocycles. The van der Waals surface area contributed by atoms with Gasteiger partial charge in [0.25, 0.3) is 0 Å². The first kappa shape index (κ1) is 17.8. The molecule has 0 radical (unpaired) electrons. The van der Waals surface area contributed by atoms with E-state index in [9.17, 15) is 9.59 Å². The van der Waals surface area contributed by atoms with E-state index in [1.54, 1.807) is 6.20 Å². The highest BCUT2D eigenvalue weighted by atomic mass is 16.6. The molecule has 1 saturated carbocycles. The van der Waals surface area contributed by atoms with Crippen LogP contribution in [0, 0.1) is 11.8 Å². The van der Waals surface area contributed by atoms with Crippen molar-refractivity contribution in [3.05, 3.63) is 23.5 Å². The van der Waals surface area contributed by atoms with Crippen LogP contribution in [0.1, 0.15) is 68.9 Å². The van der Waals surface area contributed by atoms with E-state index in [1.165, 1.54) is 12.8 Å². The molecule has 2 aliphatic carbocycles. The van der Waals surface area contributed by atoms with Gasteiger partial charge in [-0.05, 0) is 52.0 Å². The highest BCUT2D eigenvalue weighted by Crippen LogP contribution is 2.39. The van der Waals surface area contributed by atoms with Gasteiger partial charge in [-0.15, -0.1) is 0 Å². The number of nitrogens with one attached hydrogen (secondary N) is 1. The molecule has 5 nitrogen and oxygen atoms in total. The largest absolute Gasteiger partial charge is 0.444 e. The number of fused-ring (bicyclic) bond motifs is 1. The second-order valence-electron chi connectivity index (χ2n) is 8.26. The number of carbonyl (C=O) groups is 2. The van der Waals surface area contributed by atoms with Crippen molar-refractivity contribution in [1.29, 1.82) is 0 Å². The van der Waals surface area contributed by atoms with Gasteiger partial charge in [0.15, 0.2) is 5.78 Å². The van der Waals surface area contributed by atoms with E-state index >= 15 is 0 Å². The first-order valence-corrected chi connectivity index (χ1v) is 9.14. The van der Waals surface area contributed by atoms with Crippen molar-refractivity contribution in [2.24, 2.45) is 18.9 Å². The zero-order valence-electron chi connectivity index (χ0n) is 15.6. The summed E-state index contributed by atoms with van der Waals surface area (Å²) in [5.74, 6) is 0.891. The van der Waals surface area contributed by atoms with Crippen molar-refractivity contribution in [2.75, 3.05) is 5.32 Å². The maximum atomic E-state index is 13.2. The van der Waals surface area contributed by atoms with Crippen LogP contribution in [0.5, 0.6) is 0 Å². The van der Waals surface area contributed by atoms with Crippen molar-refractivity contribution in [3.8, 4) is 0 Å². The number of anilines is 1. The predicted molar refractivity (Wildman–Crippen MR) is 98.7 cm³/mol. The maximum absolute atomic E-state index is 13.2. The number of Topliss-reactive ketones (excluding diaryl/α,β-unsaturated/α-hetero) is 1. The quantitative estimate of drug-likeness (QED) is 0.858. The lowest BCUT2D eigenvalue weighted by molar-refractivity contribution is 0.0636. The van der Waals surface area contributed by atoms with E-state index in [1.807, 2.05) is 38.5 Å². The molecule has 1 N–H and O–H groups in total. The Hall–Kier alpha value is -2.04. The Morgan fingerprint density at radius 2 is 2.04 bits per heavy atom. The Labute approximate surface area is 149 Å². The Morgan fingerprint density at radius 3 is 2.68 bits per heavy atom. The van der Waals surface area contributed by atoms with Crippen LogP contribution in [0.2, 0.25) is 0 Å². The molecular formula is C20H28N2O3. The number of hydrogen-bond donors (Lipinski definition) is 1. The fourth-order valence-electron chi connectivity index (χ4n) is 3.42. The van der Waals surface area contributed by atoms with E-state index < -0.39 is 11.7 Å². The van der Waals surface area contributed by atoms with Crippen molar-refractivity contribution in [2.45, 2.75) is 58.5 Å². The SMILES string of the molecule is Cn1cc(NC(=O)OC(C)(C)C)c2c1/C=C\CCC(CC1CC1)C2=O. The molecule has 1 amide bonds. The fraction of sp³-hybridized carbons (Fsp3) is 0.600. The number of ketones is 1. The van der Waals surface area contributed by atoms with Gasteiger partial charge < -0.3 is 9.30 Å². The molecule has 1 aromatic rings. The first-order valence-electron chi connectivity index (χ1n) is 9.14. The molecule has 1 unspecified atom stereocenters. The van der Waals surface area contributed by atoms with Crippen LogP contribution in [0.15, 0.2) is 12.3 Å². The summed E-state index contributed by atoms with van der Waals surface area (Å²) in [6, 6.07) is 0. The van der Waals surface area contributed by atoms with Gasteiger partial charge in [0.2, 0.25) is 0 Å². The monoisotopic (exact) mass is 344 g/mol. The summed E-state index contributed by atoms with van der Waals surface area (Å²) in [5.41, 5.74) is 1.45. The number of amides is 1. The summed E-state index contributed by atoms with van der Waals surface area (Å²) in [6.07, 6.45) is 10.6. The number of aryl methyl sites for hydroxylation is 1. The molecule has 0 spiro atoms. The lowest BCUT2D eigenvalue weighted by Crippen LogP contribution is -2.28. The molecular weight excluding hydrogens is 316 g/mol. The van der Waals surface area contributed by atoms with Gasteiger partial charge in [0.05, 0.1) is 16.9 Å². The summed E-state index contributed by atoms with van der Waals surface area (Å²) in [6.45, 7) is 5.46.